The van der Waals surface area contributed by atoms with E-state index < -0.39 is 17.1 Å². The summed E-state index contributed by atoms with van der Waals surface area (Å²) in [6.45, 7) is 4.58. The number of Topliss-reactive ketones (excluding diaryl/α,β-unsaturated/α-hetero) is 1. The van der Waals surface area contributed by atoms with Crippen LogP contribution in [0.3, 0.4) is 0 Å². The molecule has 1 amide bonds. The number of hydrogen-bond donors (Lipinski definition) is 2. The number of aryl methyl sites for hydroxylation is 1. The van der Waals surface area contributed by atoms with Crippen molar-refractivity contribution in [2.24, 2.45) is 0 Å². The lowest BCUT2D eigenvalue weighted by Crippen LogP contribution is -2.13. The smallest absolute Gasteiger partial charge is 0.354 e. The van der Waals surface area contributed by atoms with Crippen molar-refractivity contribution >= 4 is 28.2 Å². The van der Waals surface area contributed by atoms with Gasteiger partial charge in [-0.25, -0.2) is 0 Å². The van der Waals surface area contributed by atoms with Crippen LogP contribution in [0.5, 0.6) is 0 Å². The van der Waals surface area contributed by atoms with Crippen LogP contribution < -0.4 is 5.32 Å². The second-order valence-corrected chi connectivity index (χ2v) is 5.52. The molecule has 2 aromatic rings. The first kappa shape index (κ1) is 16.1. The number of nitrogens with zero attached hydrogens (tertiary/aromatic N) is 2. The highest BCUT2D eigenvalue weighted by Gasteiger charge is 2.36. The maximum atomic E-state index is 12.4. The summed E-state index contributed by atoms with van der Waals surface area (Å²) in [6.07, 6.45) is -4.61. The molecule has 2 N–H and O–H groups in total. The second-order valence-electron chi connectivity index (χ2n) is 4.55. The van der Waals surface area contributed by atoms with Crippen molar-refractivity contribution in [3.63, 3.8) is 0 Å². The quantitative estimate of drug-likeness (QED) is 0.846. The number of H-pyrrole nitrogens is 1. The molecule has 2 rings (SSSR count). The summed E-state index contributed by atoms with van der Waals surface area (Å²) in [5, 5.41) is 7.07. The average Bonchev–Trinajstić information content (AvgIpc) is 2.93. The van der Waals surface area contributed by atoms with Gasteiger partial charge in [0.1, 0.15) is 5.69 Å². The van der Waals surface area contributed by atoms with E-state index in [4.69, 9.17) is 0 Å². The summed E-state index contributed by atoms with van der Waals surface area (Å²) >= 11 is 0.226. The number of carbonyl (C=O) groups excluding carboxylic acids is 2. The Morgan fingerprint density at radius 3 is 2.32 bits per heavy atom. The van der Waals surface area contributed by atoms with Crippen molar-refractivity contribution in [3.8, 4) is 0 Å². The molecule has 118 valence electrons. The number of rotatable bonds is 3. The van der Waals surface area contributed by atoms with E-state index in [-0.39, 0.29) is 27.9 Å². The van der Waals surface area contributed by atoms with Crippen molar-refractivity contribution in [3.05, 3.63) is 27.5 Å². The zero-order valence-corrected chi connectivity index (χ0v) is 12.6. The predicted octanol–water partition coefficient (Wildman–Crippen LogP) is 2.96. The maximum Gasteiger partial charge on any atom is 0.445 e. The van der Waals surface area contributed by atoms with Crippen LogP contribution in [-0.2, 0) is 6.18 Å². The SMILES string of the molecule is CC(=O)c1c(C)[nH]c(C(=O)Nc2nnc(C(F)(F)F)s2)c1C. The normalized spacial score (nSPS) is 11.5. The fraction of sp³-hybridized carbons (Fsp3) is 0.333. The lowest BCUT2D eigenvalue weighted by Gasteiger charge is -2.01. The van der Waals surface area contributed by atoms with E-state index in [2.05, 4.69) is 20.5 Å². The Hall–Kier alpha value is -2.23. The fourth-order valence-corrected chi connectivity index (χ4v) is 2.66. The third-order valence-electron chi connectivity index (χ3n) is 2.90. The summed E-state index contributed by atoms with van der Waals surface area (Å²) in [5.74, 6) is -0.890. The van der Waals surface area contributed by atoms with E-state index in [9.17, 15) is 22.8 Å². The summed E-state index contributed by atoms with van der Waals surface area (Å²) in [4.78, 5) is 26.3. The van der Waals surface area contributed by atoms with Gasteiger partial charge in [-0.1, -0.05) is 11.3 Å². The van der Waals surface area contributed by atoms with Crippen LogP contribution in [0, 0.1) is 13.8 Å². The first-order valence-electron chi connectivity index (χ1n) is 6.03. The zero-order chi connectivity index (χ0) is 16.7. The molecule has 0 aliphatic carbocycles. The number of halogens is 3. The number of nitrogens with one attached hydrogen (secondary N) is 2. The highest BCUT2D eigenvalue weighted by molar-refractivity contribution is 7.15. The Kier molecular flexibility index (Phi) is 4.05. The van der Waals surface area contributed by atoms with E-state index in [0.29, 0.717) is 16.8 Å². The van der Waals surface area contributed by atoms with E-state index in [1.165, 1.54) is 6.92 Å². The van der Waals surface area contributed by atoms with Gasteiger partial charge < -0.3 is 4.98 Å². The minimum Gasteiger partial charge on any atom is -0.354 e. The first-order chi connectivity index (χ1) is 10.1. The van der Waals surface area contributed by atoms with E-state index in [0.717, 1.165) is 0 Å². The molecular weight excluding hydrogens is 321 g/mol. The minimum atomic E-state index is -4.61. The Balaban J connectivity index is 2.25. The number of amides is 1. The summed E-state index contributed by atoms with van der Waals surface area (Å²) in [7, 11) is 0. The standard InChI is InChI=1S/C12H11F3N4O2S/c1-4-7(6(3)20)5(2)16-8(4)9(21)17-11-19-18-10(22-11)12(13,14)15/h16H,1-3H3,(H,17,19,21). The molecule has 0 fully saturated rings. The third kappa shape index (κ3) is 3.01. The van der Waals surface area contributed by atoms with E-state index in [1.807, 2.05) is 0 Å². The van der Waals surface area contributed by atoms with Gasteiger partial charge in [0.05, 0.1) is 0 Å². The summed E-state index contributed by atoms with van der Waals surface area (Å²) in [5.41, 5.74) is 1.44. The highest BCUT2D eigenvalue weighted by Crippen LogP contribution is 2.33. The molecule has 0 aliphatic rings. The van der Waals surface area contributed by atoms with Gasteiger partial charge in [0.25, 0.3) is 5.91 Å². The zero-order valence-electron chi connectivity index (χ0n) is 11.8. The number of aromatic nitrogens is 3. The van der Waals surface area contributed by atoms with Gasteiger partial charge in [-0.2, -0.15) is 13.2 Å². The van der Waals surface area contributed by atoms with Gasteiger partial charge in [0.15, 0.2) is 5.78 Å². The molecule has 0 saturated carbocycles. The van der Waals surface area contributed by atoms with E-state index >= 15 is 0 Å². The second kappa shape index (κ2) is 5.52. The molecule has 0 radical (unpaired) electrons. The lowest BCUT2D eigenvalue weighted by molar-refractivity contribution is -0.138. The predicted molar refractivity (Wildman–Crippen MR) is 73.1 cm³/mol. The monoisotopic (exact) mass is 332 g/mol. The van der Waals surface area contributed by atoms with Gasteiger partial charge in [-0.3, -0.25) is 14.9 Å². The number of ketones is 1. The van der Waals surface area contributed by atoms with Gasteiger partial charge >= 0.3 is 6.18 Å². The summed E-state index contributed by atoms with van der Waals surface area (Å²) < 4.78 is 37.3. The molecule has 6 nitrogen and oxygen atoms in total. The molecular formula is C12H11F3N4O2S. The van der Waals surface area contributed by atoms with Crippen LogP contribution in [-0.4, -0.2) is 26.9 Å². The topological polar surface area (TPSA) is 87.7 Å². The molecule has 0 aromatic carbocycles. The number of alkyl halides is 3. The molecule has 0 saturated heterocycles. The van der Waals surface area contributed by atoms with E-state index in [1.54, 1.807) is 13.8 Å². The number of anilines is 1. The Labute approximate surface area is 126 Å². The maximum absolute atomic E-state index is 12.4. The van der Waals surface area contributed by atoms with Crippen LogP contribution >= 0.6 is 11.3 Å². The third-order valence-corrected chi connectivity index (χ3v) is 3.79. The Bertz CT molecular complexity index is 748. The Morgan fingerprint density at radius 2 is 1.86 bits per heavy atom. The number of aromatic amines is 1. The number of hydrogen-bond acceptors (Lipinski definition) is 5. The van der Waals surface area contributed by atoms with Crippen molar-refractivity contribution in [2.45, 2.75) is 26.9 Å². The Morgan fingerprint density at radius 1 is 1.23 bits per heavy atom. The lowest BCUT2D eigenvalue weighted by atomic mass is 10.1. The molecule has 0 aliphatic heterocycles. The van der Waals surface area contributed by atoms with Gasteiger partial charge in [0.2, 0.25) is 10.1 Å². The van der Waals surface area contributed by atoms with Crippen molar-refractivity contribution in [1.29, 1.82) is 0 Å². The van der Waals surface area contributed by atoms with Gasteiger partial charge in [0, 0.05) is 11.3 Å². The largest absolute Gasteiger partial charge is 0.445 e. The van der Waals surface area contributed by atoms with Crippen molar-refractivity contribution in [2.75, 3.05) is 5.32 Å². The fourth-order valence-electron chi connectivity index (χ4n) is 2.05. The molecule has 2 aromatic heterocycles. The van der Waals surface area contributed by atoms with Gasteiger partial charge in [-0.15, -0.1) is 10.2 Å². The number of carbonyl (C=O) groups is 2. The van der Waals surface area contributed by atoms with Crippen LogP contribution in [0.1, 0.15) is 44.0 Å². The van der Waals surface area contributed by atoms with Crippen LogP contribution in [0.4, 0.5) is 18.3 Å². The van der Waals surface area contributed by atoms with Gasteiger partial charge in [-0.05, 0) is 26.3 Å². The molecule has 0 bridgehead atoms. The molecule has 10 heteroatoms. The highest BCUT2D eigenvalue weighted by atomic mass is 32.1. The molecule has 2 heterocycles. The first-order valence-corrected chi connectivity index (χ1v) is 6.85. The summed E-state index contributed by atoms with van der Waals surface area (Å²) in [6, 6.07) is 0. The van der Waals surface area contributed by atoms with Crippen LogP contribution in [0.15, 0.2) is 0 Å². The molecule has 0 spiro atoms. The van der Waals surface area contributed by atoms with Crippen LogP contribution in [0.2, 0.25) is 0 Å². The molecule has 0 atom stereocenters. The molecule has 0 unspecified atom stereocenters. The molecule has 22 heavy (non-hydrogen) atoms. The van der Waals surface area contributed by atoms with Crippen LogP contribution in [0.25, 0.3) is 0 Å². The van der Waals surface area contributed by atoms with Crippen molar-refractivity contribution in [1.82, 2.24) is 15.2 Å². The van der Waals surface area contributed by atoms with Crippen molar-refractivity contribution < 1.29 is 22.8 Å². The average molecular weight is 332 g/mol. The minimum absolute atomic E-state index is 0.103.